The number of hydroxylamine groups is 1. The third kappa shape index (κ3) is 1.55. The molecule has 0 N–H and O–H groups in total. The molecule has 1 atom stereocenters. The van der Waals surface area contributed by atoms with E-state index in [0.717, 1.165) is 24.0 Å². The molecule has 1 aromatic rings. The van der Waals surface area contributed by atoms with Gasteiger partial charge >= 0.3 is 0 Å². The number of nitrogens with zero attached hydrogens (tertiary/aromatic N) is 2. The first-order chi connectivity index (χ1) is 8.20. The number of hydrogen-bond donors (Lipinski definition) is 0. The Morgan fingerprint density at radius 3 is 3.18 bits per heavy atom. The van der Waals surface area contributed by atoms with Crippen LogP contribution >= 0.6 is 22.6 Å². The standard InChI is InChI=1S/C12H11IN2O2/c13-11-10-6-3-7-14(10)12(16)8-4-1-2-5-9(8)15(11)17/h3,5-8H,1-2,4H2. The van der Waals surface area contributed by atoms with Gasteiger partial charge in [-0.25, -0.2) is 0 Å². The summed E-state index contributed by atoms with van der Waals surface area (Å²) in [5, 5.41) is 12.2. The molecule has 0 fully saturated rings. The first-order valence-electron chi connectivity index (χ1n) is 5.62. The van der Waals surface area contributed by atoms with Crippen LogP contribution in [0.4, 0.5) is 0 Å². The average Bonchev–Trinajstić information content (AvgIpc) is 2.82. The molecule has 0 radical (unpaired) electrons. The minimum atomic E-state index is -0.278. The molecule has 3 rings (SSSR count). The first-order valence-corrected chi connectivity index (χ1v) is 6.69. The van der Waals surface area contributed by atoms with Crippen LogP contribution in [-0.4, -0.2) is 18.9 Å². The number of rotatable bonds is 0. The van der Waals surface area contributed by atoms with E-state index < -0.39 is 0 Å². The number of aromatic nitrogens is 1. The van der Waals surface area contributed by atoms with Gasteiger partial charge in [-0.3, -0.25) is 9.36 Å². The Hall–Kier alpha value is -1.11. The molecule has 2 aliphatic rings. The highest BCUT2D eigenvalue weighted by Gasteiger charge is 2.37. The maximum absolute atomic E-state index is 12.4. The summed E-state index contributed by atoms with van der Waals surface area (Å²) in [4.78, 5) is 12.4. The zero-order valence-electron chi connectivity index (χ0n) is 9.10. The van der Waals surface area contributed by atoms with Crippen LogP contribution in [0.15, 0.2) is 30.1 Å². The van der Waals surface area contributed by atoms with E-state index in [-0.39, 0.29) is 11.8 Å². The quantitative estimate of drug-likeness (QED) is 0.413. The molecule has 5 heteroatoms. The lowest BCUT2D eigenvalue weighted by Crippen LogP contribution is -2.26. The molecule has 0 saturated carbocycles. The molecule has 1 unspecified atom stereocenters. The number of carbonyl (C=O) groups excluding carboxylic acids is 1. The summed E-state index contributed by atoms with van der Waals surface area (Å²) < 4.78 is 3.08. The van der Waals surface area contributed by atoms with Crippen molar-refractivity contribution in [3.8, 4) is 0 Å². The maximum atomic E-state index is 12.4. The molecule has 1 aliphatic heterocycles. The molecule has 0 amide bonds. The van der Waals surface area contributed by atoms with Gasteiger partial charge in [0.2, 0.25) is 11.6 Å². The van der Waals surface area contributed by atoms with Gasteiger partial charge in [0.15, 0.2) is 0 Å². The summed E-state index contributed by atoms with van der Waals surface area (Å²) in [6.07, 6.45) is 6.27. The van der Waals surface area contributed by atoms with Crippen molar-refractivity contribution in [2.75, 3.05) is 0 Å². The smallest absolute Gasteiger partial charge is 0.276 e. The van der Waals surface area contributed by atoms with Crippen LogP contribution in [-0.2, 0) is 0 Å². The summed E-state index contributed by atoms with van der Waals surface area (Å²) in [5.41, 5.74) is 1.32. The van der Waals surface area contributed by atoms with Crippen LogP contribution in [0.2, 0.25) is 0 Å². The molecular weight excluding hydrogens is 331 g/mol. The molecule has 4 nitrogen and oxygen atoms in total. The van der Waals surface area contributed by atoms with Gasteiger partial charge in [0.25, 0.3) is 3.72 Å². The van der Waals surface area contributed by atoms with Crippen molar-refractivity contribution in [2.24, 2.45) is 5.92 Å². The maximum Gasteiger partial charge on any atom is 0.276 e. The van der Waals surface area contributed by atoms with Crippen LogP contribution < -0.4 is 0 Å². The van der Waals surface area contributed by atoms with Crippen LogP contribution in [0, 0.1) is 11.1 Å². The van der Waals surface area contributed by atoms with Crippen molar-refractivity contribution >= 4 is 32.2 Å². The molecule has 88 valence electrons. The topological polar surface area (TPSA) is 48.1 Å². The number of fused-ring (bicyclic) bond motifs is 2. The summed E-state index contributed by atoms with van der Waals surface area (Å²) in [6, 6.07) is 3.61. The lowest BCUT2D eigenvalue weighted by molar-refractivity contribution is -0.404. The van der Waals surface area contributed by atoms with Crippen molar-refractivity contribution in [1.29, 1.82) is 0 Å². The van der Waals surface area contributed by atoms with Gasteiger partial charge in [-0.15, -0.1) is 0 Å². The SMILES string of the molecule is O=C1C2CCCC=C2[N+]([O-])=C(I)c2cccn21. The number of carbonyl (C=O) groups is 1. The van der Waals surface area contributed by atoms with E-state index >= 15 is 0 Å². The van der Waals surface area contributed by atoms with Crippen LogP contribution in [0.25, 0.3) is 0 Å². The first kappa shape index (κ1) is 11.0. The lowest BCUT2D eigenvalue weighted by atomic mass is 9.91. The van der Waals surface area contributed by atoms with E-state index in [9.17, 15) is 10.0 Å². The summed E-state index contributed by atoms with van der Waals surface area (Å²) in [7, 11) is 0. The Kier molecular flexibility index (Phi) is 2.57. The molecule has 1 aromatic heterocycles. The molecule has 2 heterocycles. The van der Waals surface area contributed by atoms with Gasteiger partial charge in [0.05, 0.1) is 0 Å². The van der Waals surface area contributed by atoms with E-state index in [1.54, 1.807) is 16.8 Å². The molecule has 17 heavy (non-hydrogen) atoms. The van der Waals surface area contributed by atoms with Crippen molar-refractivity contribution in [3.05, 3.63) is 41.0 Å². The molecule has 1 aliphatic carbocycles. The predicted molar refractivity (Wildman–Crippen MR) is 72.2 cm³/mol. The predicted octanol–water partition coefficient (Wildman–Crippen LogP) is 2.52. The average molecular weight is 342 g/mol. The fraction of sp³-hybridized carbons (Fsp3) is 0.333. The Morgan fingerprint density at radius 2 is 2.35 bits per heavy atom. The fourth-order valence-electron chi connectivity index (χ4n) is 2.46. The van der Waals surface area contributed by atoms with E-state index in [2.05, 4.69) is 0 Å². The number of hydrogen-bond acceptors (Lipinski definition) is 2. The fourth-order valence-corrected chi connectivity index (χ4v) is 3.18. The Labute approximate surface area is 112 Å². The third-order valence-corrected chi connectivity index (χ3v) is 4.31. The van der Waals surface area contributed by atoms with Gasteiger partial charge < -0.3 is 5.21 Å². The number of halogens is 1. The van der Waals surface area contributed by atoms with E-state index in [0.29, 0.717) is 15.1 Å². The van der Waals surface area contributed by atoms with E-state index in [4.69, 9.17) is 0 Å². The summed E-state index contributed by atoms with van der Waals surface area (Å²) in [6.45, 7) is 0. The molecule has 0 saturated heterocycles. The normalized spacial score (nSPS) is 23.9. The van der Waals surface area contributed by atoms with Crippen molar-refractivity contribution in [1.82, 2.24) is 4.57 Å². The zero-order chi connectivity index (χ0) is 12.0. The Morgan fingerprint density at radius 1 is 1.53 bits per heavy atom. The van der Waals surface area contributed by atoms with Gasteiger partial charge in [-0.05, 0) is 37.5 Å². The van der Waals surface area contributed by atoms with Gasteiger partial charge in [-0.1, -0.05) is 0 Å². The highest BCUT2D eigenvalue weighted by molar-refractivity contribution is 14.1. The van der Waals surface area contributed by atoms with Crippen molar-refractivity contribution < 1.29 is 9.53 Å². The minimum absolute atomic E-state index is 0.0171. The van der Waals surface area contributed by atoms with Crippen LogP contribution in [0.3, 0.4) is 0 Å². The monoisotopic (exact) mass is 342 g/mol. The zero-order valence-corrected chi connectivity index (χ0v) is 11.3. The lowest BCUT2D eigenvalue weighted by Gasteiger charge is -2.19. The highest BCUT2D eigenvalue weighted by atomic mass is 127. The van der Waals surface area contributed by atoms with Crippen LogP contribution in [0.5, 0.6) is 0 Å². The second kappa shape index (κ2) is 3.97. The highest BCUT2D eigenvalue weighted by Crippen LogP contribution is 2.31. The minimum Gasteiger partial charge on any atom is -0.618 e. The molecular formula is C12H11IN2O2. The van der Waals surface area contributed by atoms with Crippen LogP contribution in [0.1, 0.15) is 29.8 Å². The summed E-state index contributed by atoms with van der Waals surface area (Å²) in [5.74, 6) is -0.261. The second-order valence-corrected chi connectivity index (χ2v) is 5.32. The molecule has 0 aromatic carbocycles. The third-order valence-electron chi connectivity index (χ3n) is 3.32. The Bertz CT molecular complexity index is 557. The van der Waals surface area contributed by atoms with E-state index in [1.165, 1.54) is 0 Å². The van der Waals surface area contributed by atoms with E-state index in [1.807, 2.05) is 34.7 Å². The molecule has 0 bridgehead atoms. The number of allylic oxidation sites excluding steroid dienone is 2. The second-order valence-electron chi connectivity index (χ2n) is 4.30. The van der Waals surface area contributed by atoms with Gasteiger partial charge in [0, 0.05) is 28.8 Å². The van der Waals surface area contributed by atoms with Gasteiger partial charge in [0.1, 0.15) is 11.6 Å². The van der Waals surface area contributed by atoms with Crippen molar-refractivity contribution in [3.63, 3.8) is 0 Å². The van der Waals surface area contributed by atoms with Crippen molar-refractivity contribution in [2.45, 2.75) is 19.3 Å². The molecule has 0 spiro atoms. The largest absolute Gasteiger partial charge is 0.618 e. The summed E-state index contributed by atoms with van der Waals surface area (Å²) >= 11 is 2.01. The van der Waals surface area contributed by atoms with Gasteiger partial charge in [-0.2, -0.15) is 4.74 Å². The Balaban J connectivity index is 2.26.